The van der Waals surface area contributed by atoms with E-state index in [-0.39, 0.29) is 0 Å². The molecule has 0 atom stereocenters. The Morgan fingerprint density at radius 2 is 1.96 bits per heavy atom. The number of benzene rings is 1. The van der Waals surface area contributed by atoms with E-state index in [1.807, 2.05) is 31.4 Å². The van der Waals surface area contributed by atoms with E-state index in [1.54, 1.807) is 6.33 Å². The number of hydrogen-bond donors (Lipinski definition) is 0. The van der Waals surface area contributed by atoms with E-state index in [2.05, 4.69) is 31.6 Å². The highest BCUT2D eigenvalue weighted by molar-refractivity contribution is 5.81. The van der Waals surface area contributed by atoms with E-state index >= 15 is 0 Å². The highest BCUT2D eigenvalue weighted by atomic mass is 16.5. The third-order valence-corrected chi connectivity index (χ3v) is 4.36. The predicted molar refractivity (Wildman–Crippen MR) is 89.5 cm³/mol. The van der Waals surface area contributed by atoms with Crippen LogP contribution in [0, 0.1) is 0 Å². The molecule has 118 valence electrons. The molecule has 3 heterocycles. The minimum Gasteiger partial charge on any atom is -0.439 e. The van der Waals surface area contributed by atoms with E-state index < -0.39 is 0 Å². The average Bonchev–Trinajstić information content (AvgIpc) is 3.18. The highest BCUT2D eigenvalue weighted by Gasteiger charge is 2.13. The number of fused-ring (bicyclic) bond motifs is 1. The molecule has 0 spiro atoms. The van der Waals surface area contributed by atoms with Crippen LogP contribution in [0.25, 0.3) is 10.9 Å². The summed E-state index contributed by atoms with van der Waals surface area (Å²) >= 11 is 0. The smallest absolute Gasteiger partial charge is 0.222 e. The normalized spacial score (nSPS) is 15.3. The SMILES string of the molecule is Cn1ccc2cc(Oc3cc(CN4CCCC4)ncn3)ccc21. The minimum atomic E-state index is 0.601. The Labute approximate surface area is 135 Å². The van der Waals surface area contributed by atoms with Gasteiger partial charge in [-0.3, -0.25) is 4.90 Å². The van der Waals surface area contributed by atoms with Crippen molar-refractivity contribution in [3.05, 3.63) is 48.5 Å². The van der Waals surface area contributed by atoms with E-state index in [0.717, 1.165) is 36.5 Å². The van der Waals surface area contributed by atoms with Crippen LogP contribution in [-0.2, 0) is 13.6 Å². The summed E-state index contributed by atoms with van der Waals surface area (Å²) in [5.41, 5.74) is 2.20. The number of aryl methyl sites for hydroxylation is 1. The lowest BCUT2D eigenvalue weighted by Crippen LogP contribution is -2.19. The maximum atomic E-state index is 5.92. The topological polar surface area (TPSA) is 43.2 Å². The van der Waals surface area contributed by atoms with E-state index in [4.69, 9.17) is 4.74 Å². The van der Waals surface area contributed by atoms with Crippen LogP contribution >= 0.6 is 0 Å². The van der Waals surface area contributed by atoms with Crippen molar-refractivity contribution in [2.45, 2.75) is 19.4 Å². The number of likely N-dealkylation sites (tertiary alicyclic amines) is 1. The van der Waals surface area contributed by atoms with Gasteiger partial charge in [0.1, 0.15) is 12.1 Å². The summed E-state index contributed by atoms with van der Waals surface area (Å²) in [6.07, 6.45) is 6.20. The molecule has 2 aromatic heterocycles. The number of ether oxygens (including phenoxy) is 1. The molecule has 1 aromatic carbocycles. The molecule has 0 saturated carbocycles. The van der Waals surface area contributed by atoms with Crippen LogP contribution in [0.2, 0.25) is 0 Å². The van der Waals surface area contributed by atoms with Gasteiger partial charge < -0.3 is 9.30 Å². The Balaban J connectivity index is 1.52. The molecule has 1 saturated heterocycles. The summed E-state index contributed by atoms with van der Waals surface area (Å²) in [5.74, 6) is 1.40. The molecule has 0 amide bonds. The van der Waals surface area contributed by atoms with Gasteiger partial charge >= 0.3 is 0 Å². The number of rotatable bonds is 4. The van der Waals surface area contributed by atoms with Crippen LogP contribution in [0.15, 0.2) is 42.9 Å². The number of hydrogen-bond acceptors (Lipinski definition) is 4. The van der Waals surface area contributed by atoms with Crippen molar-refractivity contribution < 1.29 is 4.74 Å². The lowest BCUT2D eigenvalue weighted by atomic mass is 10.2. The van der Waals surface area contributed by atoms with Crippen molar-refractivity contribution in [2.24, 2.45) is 7.05 Å². The molecule has 5 nitrogen and oxygen atoms in total. The molecule has 0 unspecified atom stereocenters. The summed E-state index contributed by atoms with van der Waals surface area (Å²) < 4.78 is 8.02. The number of nitrogens with zero attached hydrogens (tertiary/aromatic N) is 4. The summed E-state index contributed by atoms with van der Waals surface area (Å²) in [4.78, 5) is 11.0. The highest BCUT2D eigenvalue weighted by Crippen LogP contribution is 2.25. The third-order valence-electron chi connectivity index (χ3n) is 4.36. The zero-order valence-corrected chi connectivity index (χ0v) is 13.3. The van der Waals surface area contributed by atoms with Gasteiger partial charge in [-0.15, -0.1) is 0 Å². The van der Waals surface area contributed by atoms with Crippen LogP contribution in [0.4, 0.5) is 0 Å². The Bertz CT molecular complexity index is 821. The largest absolute Gasteiger partial charge is 0.439 e. The van der Waals surface area contributed by atoms with Gasteiger partial charge in [0.25, 0.3) is 0 Å². The molecule has 1 fully saturated rings. The van der Waals surface area contributed by atoms with Crippen LogP contribution in [0.1, 0.15) is 18.5 Å². The van der Waals surface area contributed by atoms with Crippen LogP contribution in [-0.4, -0.2) is 32.5 Å². The standard InChI is InChI=1S/C18H20N4O/c1-21-9-6-14-10-16(4-5-17(14)21)23-18-11-15(19-13-20-18)12-22-7-2-3-8-22/h4-6,9-11,13H,2-3,7-8,12H2,1H3. The van der Waals surface area contributed by atoms with Crippen molar-refractivity contribution >= 4 is 10.9 Å². The summed E-state index contributed by atoms with van der Waals surface area (Å²) in [6, 6.07) is 10.1. The minimum absolute atomic E-state index is 0.601. The second-order valence-electron chi connectivity index (χ2n) is 6.08. The van der Waals surface area contributed by atoms with Crippen molar-refractivity contribution in [1.29, 1.82) is 0 Å². The van der Waals surface area contributed by atoms with Gasteiger partial charge in [-0.2, -0.15) is 0 Å². The molecule has 1 aliphatic heterocycles. The second-order valence-corrected chi connectivity index (χ2v) is 6.08. The molecule has 4 rings (SSSR count). The second kappa shape index (κ2) is 6.01. The quantitative estimate of drug-likeness (QED) is 0.741. The first-order valence-electron chi connectivity index (χ1n) is 8.04. The molecule has 5 heteroatoms. The molecule has 0 radical (unpaired) electrons. The average molecular weight is 308 g/mol. The molecular formula is C18H20N4O. The van der Waals surface area contributed by atoms with Crippen LogP contribution in [0.5, 0.6) is 11.6 Å². The lowest BCUT2D eigenvalue weighted by Gasteiger charge is -2.14. The third kappa shape index (κ3) is 3.05. The van der Waals surface area contributed by atoms with E-state index in [0.29, 0.717) is 5.88 Å². The number of aromatic nitrogens is 3. The monoisotopic (exact) mass is 308 g/mol. The Kier molecular flexibility index (Phi) is 3.71. The molecule has 23 heavy (non-hydrogen) atoms. The van der Waals surface area contributed by atoms with Crippen LogP contribution < -0.4 is 4.74 Å². The Morgan fingerprint density at radius 1 is 1.09 bits per heavy atom. The molecule has 0 N–H and O–H groups in total. The zero-order valence-electron chi connectivity index (χ0n) is 13.3. The van der Waals surface area contributed by atoms with Gasteiger partial charge in [0.15, 0.2) is 0 Å². The van der Waals surface area contributed by atoms with Gasteiger partial charge in [0.2, 0.25) is 5.88 Å². The zero-order chi connectivity index (χ0) is 15.6. The van der Waals surface area contributed by atoms with Gasteiger partial charge in [0.05, 0.1) is 5.69 Å². The fourth-order valence-corrected chi connectivity index (χ4v) is 3.13. The molecule has 0 aliphatic carbocycles. The summed E-state index contributed by atoms with van der Waals surface area (Å²) in [5, 5.41) is 1.16. The van der Waals surface area contributed by atoms with Crippen molar-refractivity contribution in [3.8, 4) is 11.6 Å². The molecule has 1 aliphatic rings. The summed E-state index contributed by atoms with van der Waals surface area (Å²) in [7, 11) is 2.04. The summed E-state index contributed by atoms with van der Waals surface area (Å²) in [6.45, 7) is 3.19. The maximum absolute atomic E-state index is 5.92. The van der Waals surface area contributed by atoms with Crippen molar-refractivity contribution in [1.82, 2.24) is 19.4 Å². The van der Waals surface area contributed by atoms with Gasteiger partial charge in [-0.1, -0.05) is 0 Å². The fraction of sp³-hybridized carbons (Fsp3) is 0.333. The lowest BCUT2D eigenvalue weighted by molar-refractivity contribution is 0.326. The molecule has 0 bridgehead atoms. The van der Waals surface area contributed by atoms with Crippen molar-refractivity contribution in [3.63, 3.8) is 0 Å². The van der Waals surface area contributed by atoms with Crippen molar-refractivity contribution in [2.75, 3.05) is 13.1 Å². The first kappa shape index (κ1) is 14.2. The maximum Gasteiger partial charge on any atom is 0.222 e. The van der Waals surface area contributed by atoms with E-state index in [9.17, 15) is 0 Å². The first-order valence-corrected chi connectivity index (χ1v) is 8.04. The van der Waals surface area contributed by atoms with Gasteiger partial charge in [0, 0.05) is 36.8 Å². The predicted octanol–water partition coefficient (Wildman–Crippen LogP) is 3.36. The molecular weight excluding hydrogens is 288 g/mol. The van der Waals surface area contributed by atoms with Crippen LogP contribution in [0.3, 0.4) is 0 Å². The van der Waals surface area contributed by atoms with Gasteiger partial charge in [-0.25, -0.2) is 9.97 Å². The van der Waals surface area contributed by atoms with Gasteiger partial charge in [-0.05, 0) is 50.2 Å². The first-order chi connectivity index (χ1) is 11.3. The Hall–Kier alpha value is -2.40. The Morgan fingerprint density at radius 3 is 2.83 bits per heavy atom. The fourth-order valence-electron chi connectivity index (χ4n) is 3.13. The van der Waals surface area contributed by atoms with E-state index in [1.165, 1.54) is 18.4 Å². The molecule has 3 aromatic rings.